The number of aldehydes is 1. The Balaban J connectivity index is 2.26. The van der Waals surface area contributed by atoms with Crippen molar-refractivity contribution in [2.24, 2.45) is 5.92 Å². The molecule has 0 aromatic carbocycles. The van der Waals surface area contributed by atoms with E-state index >= 15 is 0 Å². The van der Waals surface area contributed by atoms with E-state index in [4.69, 9.17) is 0 Å². The van der Waals surface area contributed by atoms with Crippen molar-refractivity contribution in [2.75, 3.05) is 14.1 Å². The molecule has 3 heterocycles. The zero-order chi connectivity index (χ0) is 15.9. The fourth-order valence-electron chi connectivity index (χ4n) is 3.54. The highest BCUT2D eigenvalue weighted by atomic mass is 16.1. The minimum atomic E-state index is 0.311. The number of rotatable bonds is 4. The number of carbonyl (C=O) groups is 1. The van der Waals surface area contributed by atoms with Gasteiger partial charge in [0.15, 0.2) is 6.20 Å². The highest BCUT2D eigenvalue weighted by molar-refractivity contribution is 5.56. The van der Waals surface area contributed by atoms with Crippen molar-refractivity contribution in [3.63, 3.8) is 0 Å². The monoisotopic (exact) mass is 302 g/mol. The number of hydrogen-bond acceptors (Lipinski definition) is 4. The first-order chi connectivity index (χ1) is 10.6. The van der Waals surface area contributed by atoms with E-state index in [1.165, 1.54) is 11.3 Å². The van der Waals surface area contributed by atoms with E-state index in [0.29, 0.717) is 24.9 Å². The van der Waals surface area contributed by atoms with Crippen molar-refractivity contribution in [2.45, 2.75) is 39.4 Å². The molecule has 118 valence electrons. The summed E-state index contributed by atoms with van der Waals surface area (Å²) in [6, 6.07) is 4.41. The molecule has 0 radical (unpaired) electrons. The van der Waals surface area contributed by atoms with Crippen LogP contribution in [0.25, 0.3) is 5.52 Å². The number of hydrazine groups is 1. The predicted molar refractivity (Wildman–Crippen MR) is 82.9 cm³/mol. The minimum Gasteiger partial charge on any atom is -0.303 e. The molecule has 6 heteroatoms. The normalized spacial score (nSPS) is 19.8. The van der Waals surface area contributed by atoms with Gasteiger partial charge in [-0.25, -0.2) is 10.0 Å². The molecule has 1 aliphatic rings. The van der Waals surface area contributed by atoms with Crippen LogP contribution in [-0.2, 0) is 17.9 Å². The second kappa shape index (κ2) is 5.78. The van der Waals surface area contributed by atoms with Gasteiger partial charge in [-0.1, -0.05) is 13.8 Å². The summed E-state index contributed by atoms with van der Waals surface area (Å²) in [6.07, 6.45) is 3.28. The van der Waals surface area contributed by atoms with Gasteiger partial charge < -0.3 is 4.79 Å². The van der Waals surface area contributed by atoms with Crippen molar-refractivity contribution in [1.82, 2.24) is 19.7 Å². The standard InChI is InChI=1S/C16H24N5O/c1-12(2)16-15-13-7-5-8-17-21(13)20(9-6-10-22)14(15)11-18(3)19(16)4/h5,7-8,10,12,16H,6,9,11H2,1-4H3/q+1. The van der Waals surface area contributed by atoms with Gasteiger partial charge in [-0.15, -0.1) is 0 Å². The fraction of sp³-hybridized carbons (Fsp3) is 0.562. The molecule has 22 heavy (non-hydrogen) atoms. The van der Waals surface area contributed by atoms with Crippen LogP contribution in [0.15, 0.2) is 18.3 Å². The van der Waals surface area contributed by atoms with Crippen molar-refractivity contribution < 1.29 is 9.48 Å². The second-order valence-electron chi connectivity index (χ2n) is 6.32. The Kier molecular flexibility index (Phi) is 3.97. The van der Waals surface area contributed by atoms with Crippen LogP contribution >= 0.6 is 0 Å². The lowest BCUT2D eigenvalue weighted by Crippen LogP contribution is -2.51. The lowest BCUT2D eigenvalue weighted by Gasteiger charge is -2.40. The Hall–Kier alpha value is -1.79. The number of aromatic nitrogens is 3. The van der Waals surface area contributed by atoms with Gasteiger partial charge in [0.2, 0.25) is 0 Å². The quantitative estimate of drug-likeness (QED) is 0.629. The smallest absolute Gasteiger partial charge is 0.165 e. The summed E-state index contributed by atoms with van der Waals surface area (Å²) >= 11 is 0. The lowest BCUT2D eigenvalue weighted by molar-refractivity contribution is -0.772. The first-order valence-corrected chi connectivity index (χ1v) is 7.82. The molecule has 1 unspecified atom stereocenters. The molecule has 1 aliphatic heterocycles. The van der Waals surface area contributed by atoms with Gasteiger partial charge >= 0.3 is 0 Å². The summed E-state index contributed by atoms with van der Waals surface area (Å²) in [5.41, 5.74) is 3.75. The third-order valence-corrected chi connectivity index (χ3v) is 4.56. The van der Waals surface area contributed by atoms with Crippen molar-refractivity contribution >= 4 is 11.8 Å². The summed E-state index contributed by atoms with van der Waals surface area (Å²) in [4.78, 5) is 10.8. The number of nitrogens with zero attached hydrogens (tertiary/aromatic N) is 5. The topological polar surface area (TPSA) is 44.7 Å². The first-order valence-electron chi connectivity index (χ1n) is 7.82. The van der Waals surface area contributed by atoms with Crippen LogP contribution in [0.2, 0.25) is 0 Å². The van der Waals surface area contributed by atoms with Gasteiger partial charge in [-0.3, -0.25) is 0 Å². The summed E-state index contributed by atoms with van der Waals surface area (Å²) in [5, 5.41) is 9.06. The molecule has 0 saturated heterocycles. The highest BCUT2D eigenvalue weighted by Gasteiger charge is 2.38. The van der Waals surface area contributed by atoms with Gasteiger partial charge in [-0.2, -0.15) is 4.68 Å². The lowest BCUT2D eigenvalue weighted by atomic mass is 9.92. The predicted octanol–water partition coefficient (Wildman–Crippen LogP) is 1.20. The summed E-state index contributed by atoms with van der Waals surface area (Å²) < 4.78 is 4.11. The van der Waals surface area contributed by atoms with Crippen LogP contribution in [0.4, 0.5) is 0 Å². The van der Waals surface area contributed by atoms with Crippen LogP contribution in [0.3, 0.4) is 0 Å². The maximum absolute atomic E-state index is 10.8. The van der Waals surface area contributed by atoms with Crippen LogP contribution in [0.1, 0.15) is 37.6 Å². The molecule has 0 saturated carbocycles. The molecular formula is C16H24N5O+. The Morgan fingerprint density at radius 2 is 2.23 bits per heavy atom. The first kappa shape index (κ1) is 15.1. The van der Waals surface area contributed by atoms with Gasteiger partial charge in [0, 0.05) is 31.2 Å². The summed E-state index contributed by atoms with van der Waals surface area (Å²) in [6.45, 7) is 6.00. The van der Waals surface area contributed by atoms with Gasteiger partial charge in [-0.05, 0) is 22.7 Å². The zero-order valence-electron chi connectivity index (χ0n) is 13.7. The SMILES string of the molecule is CC(C)C1c2c([n+](CCC=O)n3ncccc23)CN(C)N1C. The maximum Gasteiger partial charge on any atom is 0.165 e. The van der Waals surface area contributed by atoms with E-state index in [2.05, 4.69) is 53.8 Å². The molecule has 1 atom stereocenters. The van der Waals surface area contributed by atoms with E-state index in [9.17, 15) is 4.79 Å². The molecule has 0 bridgehead atoms. The summed E-state index contributed by atoms with van der Waals surface area (Å²) in [5.74, 6) is 0.484. The van der Waals surface area contributed by atoms with Crippen molar-refractivity contribution in [1.29, 1.82) is 0 Å². The Morgan fingerprint density at radius 3 is 2.91 bits per heavy atom. The van der Waals surface area contributed by atoms with Crippen molar-refractivity contribution in [3.8, 4) is 0 Å². The Labute approximate surface area is 130 Å². The van der Waals surface area contributed by atoms with Gasteiger partial charge in [0.05, 0.1) is 12.6 Å². The maximum atomic E-state index is 10.8. The van der Waals surface area contributed by atoms with E-state index in [-0.39, 0.29) is 0 Å². The van der Waals surface area contributed by atoms with Gasteiger partial charge in [0.1, 0.15) is 24.0 Å². The number of carbonyl (C=O) groups excluding carboxylic acids is 1. The van der Waals surface area contributed by atoms with Crippen LogP contribution in [0.5, 0.6) is 0 Å². The number of fused-ring (bicyclic) bond motifs is 3. The van der Waals surface area contributed by atoms with E-state index in [1.54, 1.807) is 6.20 Å². The molecule has 0 spiro atoms. The Bertz CT molecular complexity index is 693. The molecule has 2 aromatic rings. The minimum absolute atomic E-state index is 0.311. The van der Waals surface area contributed by atoms with Crippen LogP contribution in [-0.4, -0.2) is 40.1 Å². The molecule has 0 aliphatic carbocycles. The zero-order valence-corrected chi connectivity index (χ0v) is 13.7. The molecule has 0 fully saturated rings. The molecular weight excluding hydrogens is 278 g/mol. The van der Waals surface area contributed by atoms with Crippen LogP contribution in [0, 0.1) is 5.92 Å². The number of aryl methyl sites for hydroxylation is 1. The molecule has 3 rings (SSSR count). The molecule has 6 nitrogen and oxygen atoms in total. The van der Waals surface area contributed by atoms with E-state index in [1.807, 2.05) is 10.7 Å². The fourth-order valence-corrected chi connectivity index (χ4v) is 3.54. The molecule has 2 aromatic heterocycles. The molecule has 0 amide bonds. The van der Waals surface area contributed by atoms with Crippen LogP contribution < -0.4 is 4.68 Å². The Morgan fingerprint density at radius 1 is 1.45 bits per heavy atom. The second-order valence-corrected chi connectivity index (χ2v) is 6.32. The third kappa shape index (κ3) is 2.23. The molecule has 0 N–H and O–H groups in total. The third-order valence-electron chi connectivity index (χ3n) is 4.56. The average Bonchev–Trinajstić information content (AvgIpc) is 2.79. The number of hydrogen-bond donors (Lipinski definition) is 0. The highest BCUT2D eigenvalue weighted by Crippen LogP contribution is 2.37. The largest absolute Gasteiger partial charge is 0.303 e. The van der Waals surface area contributed by atoms with E-state index in [0.717, 1.165) is 18.3 Å². The van der Waals surface area contributed by atoms with Crippen molar-refractivity contribution in [3.05, 3.63) is 29.6 Å². The van der Waals surface area contributed by atoms with E-state index < -0.39 is 0 Å². The van der Waals surface area contributed by atoms with Gasteiger partial charge in [0.25, 0.3) is 0 Å². The summed E-state index contributed by atoms with van der Waals surface area (Å²) in [7, 11) is 4.25. The average molecular weight is 302 g/mol.